The molecule has 0 radical (unpaired) electrons. The molecule has 0 aromatic carbocycles. The Morgan fingerprint density at radius 3 is 2.62 bits per heavy atom. The second-order valence-electron chi connectivity index (χ2n) is 5.39. The van der Waals surface area contributed by atoms with Gasteiger partial charge in [-0.15, -0.1) is 6.08 Å². The van der Waals surface area contributed by atoms with Crippen molar-refractivity contribution in [2.75, 3.05) is 14.1 Å². The van der Waals surface area contributed by atoms with E-state index < -0.39 is 35.4 Å². The average Bonchev–Trinajstić information content (AvgIpc) is 2.62. The number of hydrogen-bond acceptors (Lipinski definition) is 4. The molecule has 1 unspecified atom stereocenters. The summed E-state index contributed by atoms with van der Waals surface area (Å²) in [4.78, 5) is 36.2. The molecule has 130 valence electrons. The molecule has 1 fully saturated rings. The van der Waals surface area contributed by atoms with E-state index in [4.69, 9.17) is 0 Å². The van der Waals surface area contributed by atoms with Crippen molar-refractivity contribution in [3.8, 4) is 0 Å². The van der Waals surface area contributed by atoms with Gasteiger partial charge in [0.05, 0.1) is 5.83 Å². The van der Waals surface area contributed by atoms with Crippen LogP contribution in [0.3, 0.4) is 0 Å². The van der Waals surface area contributed by atoms with E-state index in [2.05, 4.69) is 16.7 Å². The van der Waals surface area contributed by atoms with Crippen LogP contribution < -0.4 is 10.6 Å². The third-order valence-electron chi connectivity index (χ3n) is 3.52. The number of piperidine rings is 1. The molecular weight excluding hydrogens is 492 g/mol. The standard InChI is InChI=1S/C15H16F2N3O3.W/c1-20(2)11-5-3-8(7-9(16)13(11)17)14(22)18-10-4-6-12(21)19-15(10)23;/h3,10H,4-6H2,1-2H3,(H,18,22)(H,19,21,23);/q-1;. The number of nitrogens with one attached hydrogen (secondary N) is 2. The molecule has 1 aliphatic carbocycles. The molecule has 24 heavy (non-hydrogen) atoms. The SMILES string of the molecule is CN(C)C1=C(F)C(F)=[C-]C(C(=O)NC2CCC(=O)NC2=O)=CC1.[W]. The molecule has 9 heteroatoms. The Labute approximate surface area is 152 Å². The van der Waals surface area contributed by atoms with Crippen molar-refractivity contribution in [2.24, 2.45) is 0 Å². The average molecular weight is 508 g/mol. The van der Waals surface area contributed by atoms with Crippen LogP contribution in [0.15, 0.2) is 29.0 Å². The van der Waals surface area contributed by atoms with Crippen LogP contribution in [0.5, 0.6) is 0 Å². The summed E-state index contributed by atoms with van der Waals surface area (Å²) in [7, 11) is 3.12. The summed E-state index contributed by atoms with van der Waals surface area (Å²) in [5.41, 5.74) is -0.113. The summed E-state index contributed by atoms with van der Waals surface area (Å²) in [6, 6.07) is -0.889. The fourth-order valence-corrected chi connectivity index (χ4v) is 2.23. The second-order valence-corrected chi connectivity index (χ2v) is 5.39. The van der Waals surface area contributed by atoms with Gasteiger partial charge < -0.3 is 15.0 Å². The minimum absolute atomic E-state index is 0. The number of rotatable bonds is 3. The zero-order valence-electron chi connectivity index (χ0n) is 13.1. The van der Waals surface area contributed by atoms with Gasteiger partial charge in [-0.25, -0.2) is 4.39 Å². The fourth-order valence-electron chi connectivity index (χ4n) is 2.23. The molecule has 3 amide bonds. The number of hydrogen-bond donors (Lipinski definition) is 2. The van der Waals surface area contributed by atoms with E-state index in [1.165, 1.54) is 11.0 Å². The first-order valence-corrected chi connectivity index (χ1v) is 7.00. The monoisotopic (exact) mass is 508 g/mol. The molecule has 0 spiro atoms. The first kappa shape index (κ1) is 20.2. The number of allylic oxidation sites excluding steroid dienone is 3. The Balaban J connectivity index is 0.00000288. The van der Waals surface area contributed by atoms with Gasteiger partial charge in [-0.1, -0.05) is 11.6 Å². The van der Waals surface area contributed by atoms with E-state index in [0.29, 0.717) is 0 Å². The minimum atomic E-state index is -1.27. The predicted molar refractivity (Wildman–Crippen MR) is 76.7 cm³/mol. The van der Waals surface area contributed by atoms with E-state index >= 15 is 0 Å². The maximum atomic E-state index is 13.8. The molecule has 1 heterocycles. The summed E-state index contributed by atoms with van der Waals surface area (Å²) in [6.07, 6.45) is 3.67. The summed E-state index contributed by atoms with van der Waals surface area (Å²) in [5.74, 6) is -4.12. The Hall–Kier alpha value is -1.82. The number of imide groups is 1. The maximum absolute atomic E-state index is 13.8. The quantitative estimate of drug-likeness (QED) is 0.434. The van der Waals surface area contributed by atoms with Crippen LogP contribution in [0.25, 0.3) is 0 Å². The van der Waals surface area contributed by atoms with Gasteiger partial charge in [0, 0.05) is 47.3 Å². The van der Waals surface area contributed by atoms with E-state index in [1.54, 1.807) is 14.1 Å². The molecule has 1 saturated heterocycles. The number of carbonyl (C=O) groups is 3. The van der Waals surface area contributed by atoms with Crippen molar-refractivity contribution in [3.63, 3.8) is 0 Å². The van der Waals surface area contributed by atoms with Crippen molar-refractivity contribution in [3.05, 3.63) is 35.1 Å². The van der Waals surface area contributed by atoms with Crippen LogP contribution in [-0.2, 0) is 35.4 Å². The molecule has 0 saturated carbocycles. The van der Waals surface area contributed by atoms with Gasteiger partial charge in [-0.3, -0.25) is 19.3 Å². The Morgan fingerprint density at radius 2 is 2.04 bits per heavy atom. The fraction of sp³-hybridized carbons (Fsp3) is 0.400. The maximum Gasteiger partial charge on any atom is 0.248 e. The molecule has 2 aliphatic rings. The van der Waals surface area contributed by atoms with Crippen LogP contribution in [0, 0.1) is 6.08 Å². The summed E-state index contributed by atoms with van der Waals surface area (Å²) in [5, 5.41) is 4.50. The molecular formula is C15H16F2N3O3W-. The van der Waals surface area contributed by atoms with Crippen LogP contribution in [0.2, 0.25) is 0 Å². The third kappa shape index (κ3) is 4.60. The van der Waals surface area contributed by atoms with Crippen LogP contribution in [0.4, 0.5) is 8.78 Å². The predicted octanol–water partition coefficient (Wildman–Crippen LogP) is 0.635. The van der Waals surface area contributed by atoms with Crippen molar-refractivity contribution >= 4 is 17.7 Å². The van der Waals surface area contributed by atoms with Gasteiger partial charge in [-0.2, -0.15) is 0 Å². The summed E-state index contributed by atoms with van der Waals surface area (Å²) in [6.45, 7) is 0. The molecule has 0 bridgehead atoms. The Kier molecular flexibility index (Phi) is 7.02. The van der Waals surface area contributed by atoms with E-state index in [0.717, 1.165) is 0 Å². The number of amides is 3. The number of carbonyl (C=O) groups excluding carboxylic acids is 3. The van der Waals surface area contributed by atoms with Gasteiger partial charge in [-0.05, 0) is 12.8 Å². The van der Waals surface area contributed by atoms with E-state index in [-0.39, 0.29) is 51.6 Å². The number of halogens is 2. The zero-order valence-corrected chi connectivity index (χ0v) is 16.0. The van der Waals surface area contributed by atoms with Crippen LogP contribution >= 0.6 is 0 Å². The molecule has 2 N–H and O–H groups in total. The van der Waals surface area contributed by atoms with E-state index in [1.807, 2.05) is 0 Å². The second kappa shape index (κ2) is 8.33. The van der Waals surface area contributed by atoms with Crippen LogP contribution in [0.1, 0.15) is 19.3 Å². The molecule has 0 aromatic heterocycles. The van der Waals surface area contributed by atoms with Crippen molar-refractivity contribution < 1.29 is 44.2 Å². The summed E-state index contributed by atoms with van der Waals surface area (Å²) >= 11 is 0. The number of nitrogens with zero attached hydrogens (tertiary/aromatic N) is 1. The normalized spacial score (nSPS) is 21.1. The third-order valence-corrected chi connectivity index (χ3v) is 3.52. The van der Waals surface area contributed by atoms with Crippen molar-refractivity contribution in [2.45, 2.75) is 25.3 Å². The Morgan fingerprint density at radius 1 is 1.38 bits per heavy atom. The smallest absolute Gasteiger partial charge is 0.248 e. The van der Waals surface area contributed by atoms with Crippen molar-refractivity contribution in [1.29, 1.82) is 0 Å². The van der Waals surface area contributed by atoms with Gasteiger partial charge in [0.1, 0.15) is 11.9 Å². The first-order chi connectivity index (χ1) is 10.8. The van der Waals surface area contributed by atoms with Gasteiger partial charge in [0.15, 0.2) is 5.91 Å². The Bertz CT molecular complexity index is 656. The molecule has 1 aliphatic heterocycles. The van der Waals surface area contributed by atoms with Crippen molar-refractivity contribution in [1.82, 2.24) is 15.5 Å². The summed E-state index contributed by atoms with van der Waals surface area (Å²) < 4.78 is 27.6. The van der Waals surface area contributed by atoms with Crippen LogP contribution in [-0.4, -0.2) is 42.8 Å². The first-order valence-electron chi connectivity index (χ1n) is 7.00. The minimum Gasteiger partial charge on any atom is -0.386 e. The molecule has 6 nitrogen and oxygen atoms in total. The topological polar surface area (TPSA) is 78.5 Å². The largest absolute Gasteiger partial charge is 0.386 e. The van der Waals surface area contributed by atoms with Gasteiger partial charge >= 0.3 is 0 Å². The van der Waals surface area contributed by atoms with Gasteiger partial charge in [0.25, 0.3) is 0 Å². The van der Waals surface area contributed by atoms with E-state index in [9.17, 15) is 23.2 Å². The molecule has 0 aromatic rings. The molecule has 1 atom stereocenters. The zero-order chi connectivity index (χ0) is 17.1. The van der Waals surface area contributed by atoms with Gasteiger partial charge in [0.2, 0.25) is 11.8 Å². The molecule has 2 rings (SSSR count).